The first-order valence-corrected chi connectivity index (χ1v) is 6.03. The number of aliphatic carboxylic acids is 1. The normalized spacial score (nSPS) is 10.4. The average molecular weight is 270 g/mol. The fraction of sp³-hybridized carbons (Fsp3) is 0.0667. The Labute approximate surface area is 116 Å². The van der Waals surface area contributed by atoms with Gasteiger partial charge >= 0.3 is 5.97 Å². The van der Waals surface area contributed by atoms with Crippen LogP contribution in [0.3, 0.4) is 0 Å². The third kappa shape index (κ3) is 4.45. The van der Waals surface area contributed by atoms with Crippen LogP contribution in [0.15, 0.2) is 59.7 Å². The lowest BCUT2D eigenvalue weighted by molar-refractivity contribution is -0.139. The third-order valence-electron chi connectivity index (χ3n) is 2.40. The van der Waals surface area contributed by atoms with Gasteiger partial charge in [0.1, 0.15) is 5.75 Å². The first kappa shape index (κ1) is 13.6. The molecule has 0 amide bonds. The zero-order valence-corrected chi connectivity index (χ0v) is 10.7. The van der Waals surface area contributed by atoms with Gasteiger partial charge in [-0.2, -0.15) is 5.10 Å². The van der Waals surface area contributed by atoms with Crippen molar-refractivity contribution in [2.45, 2.75) is 0 Å². The first-order chi connectivity index (χ1) is 9.74. The molecule has 0 heterocycles. The van der Waals surface area contributed by atoms with Crippen molar-refractivity contribution < 1.29 is 14.6 Å². The van der Waals surface area contributed by atoms with E-state index in [1.54, 1.807) is 24.4 Å². The van der Waals surface area contributed by atoms with Crippen molar-refractivity contribution in [2.75, 3.05) is 12.0 Å². The smallest absolute Gasteiger partial charge is 0.341 e. The SMILES string of the molecule is O=C(O)COc1cccc(C=NNc2ccccc2)c1. The highest BCUT2D eigenvalue weighted by atomic mass is 16.5. The van der Waals surface area contributed by atoms with Crippen molar-refractivity contribution in [1.29, 1.82) is 0 Å². The van der Waals surface area contributed by atoms with Crippen molar-refractivity contribution in [3.63, 3.8) is 0 Å². The lowest BCUT2D eigenvalue weighted by Gasteiger charge is -2.03. The van der Waals surface area contributed by atoms with Crippen LogP contribution in [-0.2, 0) is 4.79 Å². The number of nitrogens with one attached hydrogen (secondary N) is 1. The monoisotopic (exact) mass is 270 g/mol. The van der Waals surface area contributed by atoms with Crippen LogP contribution in [-0.4, -0.2) is 23.9 Å². The van der Waals surface area contributed by atoms with E-state index >= 15 is 0 Å². The van der Waals surface area contributed by atoms with E-state index in [9.17, 15) is 4.79 Å². The van der Waals surface area contributed by atoms with Gasteiger partial charge in [0.25, 0.3) is 0 Å². The molecule has 0 aromatic heterocycles. The maximum absolute atomic E-state index is 10.4. The lowest BCUT2D eigenvalue weighted by atomic mass is 10.2. The minimum absolute atomic E-state index is 0.358. The fourth-order valence-corrected chi connectivity index (χ4v) is 1.52. The summed E-state index contributed by atoms with van der Waals surface area (Å²) >= 11 is 0. The molecule has 2 aromatic carbocycles. The van der Waals surface area contributed by atoms with E-state index in [1.165, 1.54) is 0 Å². The fourth-order valence-electron chi connectivity index (χ4n) is 1.52. The minimum Gasteiger partial charge on any atom is -0.482 e. The molecule has 0 spiro atoms. The van der Waals surface area contributed by atoms with E-state index in [2.05, 4.69) is 10.5 Å². The van der Waals surface area contributed by atoms with Crippen molar-refractivity contribution in [3.8, 4) is 5.75 Å². The molecule has 5 heteroatoms. The van der Waals surface area contributed by atoms with Crippen LogP contribution in [0.4, 0.5) is 5.69 Å². The molecule has 0 aliphatic rings. The third-order valence-corrected chi connectivity index (χ3v) is 2.40. The van der Waals surface area contributed by atoms with Gasteiger partial charge in [-0.15, -0.1) is 0 Å². The summed E-state index contributed by atoms with van der Waals surface area (Å²) in [6.07, 6.45) is 1.64. The standard InChI is InChI=1S/C15H14N2O3/c18-15(19)11-20-14-8-4-5-12(9-14)10-16-17-13-6-2-1-3-7-13/h1-10,17H,11H2,(H,18,19). The summed E-state index contributed by atoms with van der Waals surface area (Å²) in [6, 6.07) is 16.6. The quantitative estimate of drug-likeness (QED) is 0.625. The van der Waals surface area contributed by atoms with Crippen LogP contribution >= 0.6 is 0 Å². The highest BCUT2D eigenvalue weighted by Gasteiger charge is 1.99. The first-order valence-electron chi connectivity index (χ1n) is 6.03. The molecular weight excluding hydrogens is 256 g/mol. The maximum atomic E-state index is 10.4. The molecule has 0 aliphatic carbocycles. The Morgan fingerprint density at radius 3 is 2.75 bits per heavy atom. The number of hydrogen-bond donors (Lipinski definition) is 2. The van der Waals surface area contributed by atoms with Gasteiger partial charge in [-0.3, -0.25) is 5.43 Å². The summed E-state index contributed by atoms with van der Waals surface area (Å²) in [5.41, 5.74) is 4.60. The molecule has 0 fully saturated rings. The molecule has 2 aromatic rings. The molecule has 20 heavy (non-hydrogen) atoms. The zero-order valence-electron chi connectivity index (χ0n) is 10.7. The number of carboxylic acid groups (broad SMARTS) is 1. The Hall–Kier alpha value is -2.82. The highest BCUT2D eigenvalue weighted by molar-refractivity contribution is 5.80. The molecule has 0 aliphatic heterocycles. The molecule has 0 saturated carbocycles. The summed E-state index contributed by atoms with van der Waals surface area (Å²) in [7, 11) is 0. The van der Waals surface area contributed by atoms with Crippen LogP contribution in [0, 0.1) is 0 Å². The molecular formula is C15H14N2O3. The molecule has 5 nitrogen and oxygen atoms in total. The number of benzene rings is 2. The molecule has 0 bridgehead atoms. The van der Waals surface area contributed by atoms with Crippen molar-refractivity contribution in [2.24, 2.45) is 5.10 Å². The number of ether oxygens (including phenoxy) is 1. The number of hydrazone groups is 1. The molecule has 0 atom stereocenters. The van der Waals surface area contributed by atoms with Gasteiger partial charge < -0.3 is 9.84 Å². The zero-order chi connectivity index (χ0) is 14.2. The van der Waals surface area contributed by atoms with Gasteiger partial charge in [-0.1, -0.05) is 30.3 Å². The van der Waals surface area contributed by atoms with Crippen molar-refractivity contribution >= 4 is 17.9 Å². The summed E-state index contributed by atoms with van der Waals surface area (Å²) < 4.78 is 5.09. The predicted molar refractivity (Wildman–Crippen MR) is 77.2 cm³/mol. The summed E-state index contributed by atoms with van der Waals surface area (Å²) in [5, 5.41) is 12.7. The van der Waals surface area contributed by atoms with Gasteiger partial charge in [0.2, 0.25) is 0 Å². The van der Waals surface area contributed by atoms with E-state index < -0.39 is 5.97 Å². The number of para-hydroxylation sites is 1. The molecule has 0 unspecified atom stereocenters. The van der Waals surface area contributed by atoms with Crippen LogP contribution < -0.4 is 10.2 Å². The number of anilines is 1. The van der Waals surface area contributed by atoms with Crippen LogP contribution in [0.2, 0.25) is 0 Å². The van der Waals surface area contributed by atoms with Crippen molar-refractivity contribution in [1.82, 2.24) is 0 Å². The van der Waals surface area contributed by atoms with E-state index in [1.807, 2.05) is 36.4 Å². The maximum Gasteiger partial charge on any atom is 0.341 e. The Morgan fingerprint density at radius 1 is 1.20 bits per heavy atom. The summed E-state index contributed by atoms with van der Waals surface area (Å²) in [5.74, 6) is -0.508. The number of nitrogens with zero attached hydrogens (tertiary/aromatic N) is 1. The number of carbonyl (C=O) groups is 1. The van der Waals surface area contributed by atoms with Crippen molar-refractivity contribution in [3.05, 3.63) is 60.2 Å². The van der Waals surface area contributed by atoms with Gasteiger partial charge in [0, 0.05) is 0 Å². The highest BCUT2D eigenvalue weighted by Crippen LogP contribution is 2.12. The average Bonchev–Trinajstić information content (AvgIpc) is 2.47. The van der Waals surface area contributed by atoms with E-state index in [0.29, 0.717) is 5.75 Å². The second kappa shape index (κ2) is 6.94. The van der Waals surface area contributed by atoms with Gasteiger partial charge in [-0.05, 0) is 29.8 Å². The van der Waals surface area contributed by atoms with Gasteiger partial charge in [0.05, 0.1) is 11.9 Å². The largest absolute Gasteiger partial charge is 0.482 e. The molecule has 102 valence electrons. The minimum atomic E-state index is -1.00. The second-order valence-electron chi connectivity index (χ2n) is 3.99. The van der Waals surface area contributed by atoms with Crippen LogP contribution in [0.25, 0.3) is 0 Å². The Balaban J connectivity index is 1.95. The Morgan fingerprint density at radius 2 is 2.00 bits per heavy atom. The van der Waals surface area contributed by atoms with Gasteiger partial charge in [0.15, 0.2) is 6.61 Å². The van der Waals surface area contributed by atoms with E-state index in [0.717, 1.165) is 11.3 Å². The Bertz CT molecular complexity index is 597. The van der Waals surface area contributed by atoms with Gasteiger partial charge in [-0.25, -0.2) is 4.79 Å². The van der Waals surface area contributed by atoms with E-state index in [-0.39, 0.29) is 6.61 Å². The molecule has 0 radical (unpaired) electrons. The Kier molecular flexibility index (Phi) is 4.72. The predicted octanol–water partition coefficient (Wildman–Crippen LogP) is 2.60. The number of rotatable bonds is 6. The molecule has 0 saturated heterocycles. The summed E-state index contributed by atoms with van der Waals surface area (Å²) in [6.45, 7) is -0.358. The number of hydrogen-bond acceptors (Lipinski definition) is 4. The summed E-state index contributed by atoms with van der Waals surface area (Å²) in [4.78, 5) is 10.4. The molecule has 2 N–H and O–H groups in total. The topological polar surface area (TPSA) is 70.9 Å². The molecule has 2 rings (SSSR count). The number of carboxylic acids is 1. The van der Waals surface area contributed by atoms with Crippen LogP contribution in [0.1, 0.15) is 5.56 Å². The second-order valence-corrected chi connectivity index (χ2v) is 3.99. The lowest BCUT2D eigenvalue weighted by Crippen LogP contribution is -2.09. The van der Waals surface area contributed by atoms with E-state index in [4.69, 9.17) is 9.84 Å². The van der Waals surface area contributed by atoms with Crippen LogP contribution in [0.5, 0.6) is 5.75 Å².